The molecule has 1 N–H and O–H groups in total. The summed E-state index contributed by atoms with van der Waals surface area (Å²) in [5.41, 5.74) is 2.54. The molecule has 0 radical (unpaired) electrons. The van der Waals surface area contributed by atoms with Crippen molar-refractivity contribution >= 4 is 43.6 Å². The zero-order chi connectivity index (χ0) is 10.6. The largest absolute Gasteiger partial charge is 0.411 e. The monoisotopic (exact) mass is 317 g/mol. The molecule has 0 saturated carbocycles. The van der Waals surface area contributed by atoms with Gasteiger partial charge in [-0.05, 0) is 62.1 Å². The van der Waals surface area contributed by atoms with Gasteiger partial charge in [0.05, 0.1) is 9.10 Å². The van der Waals surface area contributed by atoms with Crippen LogP contribution in [-0.4, -0.2) is 10.9 Å². The maximum atomic E-state index is 8.62. The van der Waals surface area contributed by atoms with Gasteiger partial charge in [0.1, 0.15) is 0 Å². The quantitative estimate of drug-likeness (QED) is 0.499. The van der Waals surface area contributed by atoms with E-state index in [0.717, 1.165) is 14.5 Å². The van der Waals surface area contributed by atoms with Gasteiger partial charge in [0, 0.05) is 0 Å². The Morgan fingerprint density at radius 3 is 2.71 bits per heavy atom. The van der Waals surface area contributed by atoms with Crippen LogP contribution < -0.4 is 0 Å². The number of oxime groups is 1. The summed E-state index contributed by atoms with van der Waals surface area (Å²) in [5, 5.41) is 11.8. The topological polar surface area (TPSA) is 32.6 Å². The highest BCUT2D eigenvalue weighted by Crippen LogP contribution is 2.18. The Morgan fingerprint density at radius 1 is 1.43 bits per heavy atom. The van der Waals surface area contributed by atoms with Crippen molar-refractivity contribution in [3.63, 3.8) is 0 Å². The lowest BCUT2D eigenvalue weighted by Gasteiger charge is -1.99. The molecule has 0 spiro atoms. The molecule has 0 heterocycles. The Labute approximate surface area is 99.6 Å². The molecule has 0 unspecified atom stereocenters. The number of hydrogen-bond acceptors (Lipinski definition) is 2. The number of halogens is 2. The summed E-state index contributed by atoms with van der Waals surface area (Å²) in [6, 6.07) is 7.72. The second kappa shape index (κ2) is 5.32. The molecule has 0 aliphatic heterocycles. The maximum absolute atomic E-state index is 8.62. The van der Waals surface area contributed by atoms with Crippen LogP contribution in [0.3, 0.4) is 0 Å². The van der Waals surface area contributed by atoms with E-state index >= 15 is 0 Å². The van der Waals surface area contributed by atoms with Crippen molar-refractivity contribution in [1.82, 2.24) is 0 Å². The van der Waals surface area contributed by atoms with Crippen LogP contribution in [0.5, 0.6) is 0 Å². The fourth-order valence-corrected chi connectivity index (χ4v) is 1.57. The molecule has 0 aliphatic carbocycles. The summed E-state index contributed by atoms with van der Waals surface area (Å²) in [4.78, 5) is 0. The fourth-order valence-electron chi connectivity index (χ4n) is 1.04. The van der Waals surface area contributed by atoms with Gasteiger partial charge in [-0.15, -0.1) is 0 Å². The third-order valence-corrected chi connectivity index (χ3v) is 2.19. The molecule has 0 amide bonds. The molecule has 1 aromatic carbocycles. The van der Waals surface area contributed by atoms with E-state index in [1.165, 1.54) is 0 Å². The average molecular weight is 319 g/mol. The molecule has 74 valence electrons. The highest BCUT2D eigenvalue weighted by molar-refractivity contribution is 9.28. The number of nitrogens with zero attached hydrogens (tertiary/aromatic N) is 1. The molecular formula is C10H9Br2NO. The lowest BCUT2D eigenvalue weighted by molar-refractivity contribution is 0.319. The first kappa shape index (κ1) is 11.5. The summed E-state index contributed by atoms with van der Waals surface area (Å²) in [6.07, 6.45) is 1.92. The van der Waals surface area contributed by atoms with Crippen LogP contribution >= 0.6 is 31.9 Å². The summed E-state index contributed by atoms with van der Waals surface area (Å²) < 4.78 is 0.876. The first-order chi connectivity index (χ1) is 6.63. The predicted molar refractivity (Wildman–Crippen MR) is 66.3 cm³/mol. The van der Waals surface area contributed by atoms with E-state index in [2.05, 4.69) is 37.0 Å². The minimum Gasteiger partial charge on any atom is -0.411 e. The van der Waals surface area contributed by atoms with Crippen molar-refractivity contribution < 1.29 is 5.21 Å². The predicted octanol–water partition coefficient (Wildman–Crippen LogP) is 3.97. The SMILES string of the molecule is CC(=NO)c1cccc(C=C(Br)Br)c1. The fraction of sp³-hybridized carbons (Fsp3) is 0.100. The zero-order valence-corrected chi connectivity index (χ0v) is 10.7. The van der Waals surface area contributed by atoms with E-state index in [9.17, 15) is 0 Å². The van der Waals surface area contributed by atoms with Crippen LogP contribution in [-0.2, 0) is 0 Å². The zero-order valence-electron chi connectivity index (χ0n) is 7.54. The molecule has 4 heteroatoms. The van der Waals surface area contributed by atoms with Gasteiger partial charge < -0.3 is 5.21 Å². The second-order valence-corrected chi connectivity index (χ2v) is 5.52. The molecule has 2 nitrogen and oxygen atoms in total. The summed E-state index contributed by atoms with van der Waals surface area (Å²) in [7, 11) is 0. The van der Waals surface area contributed by atoms with Gasteiger partial charge in [0.2, 0.25) is 0 Å². The van der Waals surface area contributed by atoms with Crippen LogP contribution in [0.25, 0.3) is 6.08 Å². The lowest BCUT2D eigenvalue weighted by atomic mass is 10.1. The van der Waals surface area contributed by atoms with Gasteiger partial charge in [0.25, 0.3) is 0 Å². The molecule has 0 aromatic heterocycles. The first-order valence-electron chi connectivity index (χ1n) is 3.95. The van der Waals surface area contributed by atoms with Crippen LogP contribution in [0.2, 0.25) is 0 Å². The molecular weight excluding hydrogens is 310 g/mol. The Morgan fingerprint density at radius 2 is 2.14 bits per heavy atom. The first-order valence-corrected chi connectivity index (χ1v) is 5.54. The normalized spacial score (nSPS) is 11.2. The van der Waals surface area contributed by atoms with E-state index in [0.29, 0.717) is 5.71 Å². The van der Waals surface area contributed by atoms with Gasteiger partial charge in [-0.3, -0.25) is 0 Å². The van der Waals surface area contributed by atoms with Gasteiger partial charge >= 0.3 is 0 Å². The average Bonchev–Trinajstić information content (AvgIpc) is 2.16. The van der Waals surface area contributed by atoms with Gasteiger partial charge in [-0.2, -0.15) is 0 Å². The van der Waals surface area contributed by atoms with Crippen LogP contribution in [0.1, 0.15) is 18.1 Å². The molecule has 0 atom stereocenters. The molecule has 0 saturated heterocycles. The molecule has 1 rings (SSSR count). The Kier molecular flexibility index (Phi) is 4.35. The Bertz CT molecular complexity index is 381. The van der Waals surface area contributed by atoms with E-state index in [-0.39, 0.29) is 0 Å². The van der Waals surface area contributed by atoms with Crippen molar-refractivity contribution in [2.45, 2.75) is 6.92 Å². The summed E-state index contributed by atoms with van der Waals surface area (Å²) in [5.74, 6) is 0. The highest BCUT2D eigenvalue weighted by atomic mass is 79.9. The van der Waals surface area contributed by atoms with E-state index in [1.807, 2.05) is 30.3 Å². The summed E-state index contributed by atoms with van der Waals surface area (Å²) in [6.45, 7) is 1.76. The molecule has 0 aliphatic rings. The standard InChI is InChI=1S/C10H9Br2NO/c1-7(13-14)9-4-2-3-8(5-9)6-10(11)12/h2-6,14H,1H3. The number of hydrogen-bond donors (Lipinski definition) is 1. The number of rotatable bonds is 2. The van der Waals surface area contributed by atoms with Crippen molar-refractivity contribution in [3.8, 4) is 0 Å². The van der Waals surface area contributed by atoms with Crippen molar-refractivity contribution in [3.05, 3.63) is 38.8 Å². The van der Waals surface area contributed by atoms with Crippen LogP contribution in [0.4, 0.5) is 0 Å². The van der Waals surface area contributed by atoms with Crippen molar-refractivity contribution in [1.29, 1.82) is 0 Å². The van der Waals surface area contributed by atoms with Crippen LogP contribution in [0, 0.1) is 0 Å². The van der Waals surface area contributed by atoms with E-state index < -0.39 is 0 Å². The Hall–Kier alpha value is -0.610. The van der Waals surface area contributed by atoms with Crippen molar-refractivity contribution in [2.24, 2.45) is 5.16 Å². The second-order valence-electron chi connectivity index (χ2n) is 2.74. The minimum absolute atomic E-state index is 0.603. The summed E-state index contributed by atoms with van der Waals surface area (Å²) >= 11 is 6.58. The number of benzene rings is 1. The molecule has 1 aromatic rings. The van der Waals surface area contributed by atoms with E-state index in [4.69, 9.17) is 5.21 Å². The smallest absolute Gasteiger partial charge is 0.0837 e. The Balaban J connectivity index is 3.08. The van der Waals surface area contributed by atoms with Gasteiger partial charge in [-0.1, -0.05) is 23.4 Å². The minimum atomic E-state index is 0.603. The maximum Gasteiger partial charge on any atom is 0.0837 e. The molecule has 14 heavy (non-hydrogen) atoms. The highest BCUT2D eigenvalue weighted by Gasteiger charge is 1.98. The van der Waals surface area contributed by atoms with Gasteiger partial charge in [0.15, 0.2) is 0 Å². The third kappa shape index (κ3) is 3.27. The van der Waals surface area contributed by atoms with Gasteiger partial charge in [-0.25, -0.2) is 0 Å². The lowest BCUT2D eigenvalue weighted by Crippen LogP contribution is -1.93. The third-order valence-electron chi connectivity index (χ3n) is 1.73. The van der Waals surface area contributed by atoms with Crippen molar-refractivity contribution in [2.75, 3.05) is 0 Å². The molecule has 0 bridgehead atoms. The van der Waals surface area contributed by atoms with E-state index in [1.54, 1.807) is 6.92 Å². The van der Waals surface area contributed by atoms with Crippen LogP contribution in [0.15, 0.2) is 32.8 Å². The molecule has 0 fully saturated rings.